The van der Waals surface area contributed by atoms with Crippen molar-refractivity contribution in [1.29, 1.82) is 0 Å². The van der Waals surface area contributed by atoms with Crippen LogP contribution in [0.1, 0.15) is 20.8 Å². The highest BCUT2D eigenvalue weighted by molar-refractivity contribution is 8.00. The zero-order valence-corrected chi connectivity index (χ0v) is 9.22. The molecule has 74 valence electrons. The molecule has 0 spiro atoms. The molecule has 0 aliphatic carbocycles. The van der Waals surface area contributed by atoms with Crippen molar-refractivity contribution in [2.75, 3.05) is 0 Å². The van der Waals surface area contributed by atoms with Gasteiger partial charge in [-0.25, -0.2) is 15.0 Å². The number of nitrogens with one attached hydrogen (secondary N) is 1. The van der Waals surface area contributed by atoms with Crippen molar-refractivity contribution in [3.05, 3.63) is 12.7 Å². The molecule has 0 aliphatic heterocycles. The summed E-state index contributed by atoms with van der Waals surface area (Å²) < 4.78 is 0.145. The Hall–Kier alpha value is -1.10. The summed E-state index contributed by atoms with van der Waals surface area (Å²) in [4.78, 5) is 15.5. The number of aromatic nitrogens is 4. The van der Waals surface area contributed by atoms with Gasteiger partial charge in [0.1, 0.15) is 16.9 Å². The minimum Gasteiger partial charge on any atom is -0.341 e. The lowest BCUT2D eigenvalue weighted by Crippen LogP contribution is -2.07. The lowest BCUT2D eigenvalue weighted by Gasteiger charge is -2.16. The van der Waals surface area contributed by atoms with Crippen LogP contribution in [0.4, 0.5) is 0 Å². The van der Waals surface area contributed by atoms with Crippen molar-refractivity contribution < 1.29 is 0 Å². The number of rotatable bonds is 1. The van der Waals surface area contributed by atoms with E-state index in [1.165, 1.54) is 0 Å². The van der Waals surface area contributed by atoms with E-state index in [-0.39, 0.29) is 4.75 Å². The molecule has 0 aromatic carbocycles. The molecule has 0 fully saturated rings. The number of hydrogen-bond acceptors (Lipinski definition) is 4. The smallest absolute Gasteiger partial charge is 0.181 e. The Bertz CT molecular complexity index is 443. The Morgan fingerprint density at radius 1 is 1.21 bits per heavy atom. The number of thioether (sulfide) groups is 1. The minimum atomic E-state index is 0.145. The maximum Gasteiger partial charge on any atom is 0.181 e. The molecule has 0 radical (unpaired) electrons. The highest BCUT2D eigenvalue weighted by Gasteiger charge is 2.16. The van der Waals surface area contributed by atoms with Gasteiger partial charge in [-0.15, -0.1) is 0 Å². The third kappa shape index (κ3) is 1.87. The van der Waals surface area contributed by atoms with Crippen LogP contribution in [0.15, 0.2) is 17.7 Å². The second kappa shape index (κ2) is 3.24. The van der Waals surface area contributed by atoms with Crippen LogP contribution in [0.5, 0.6) is 0 Å². The number of aromatic amines is 1. The molecule has 1 N–H and O–H groups in total. The van der Waals surface area contributed by atoms with Crippen molar-refractivity contribution in [3.63, 3.8) is 0 Å². The fourth-order valence-electron chi connectivity index (χ4n) is 1.11. The highest BCUT2D eigenvalue weighted by Crippen LogP contribution is 2.32. The van der Waals surface area contributed by atoms with E-state index in [4.69, 9.17) is 0 Å². The normalized spacial score (nSPS) is 12.2. The Balaban J connectivity index is 2.46. The van der Waals surface area contributed by atoms with Crippen LogP contribution in [0, 0.1) is 0 Å². The van der Waals surface area contributed by atoms with Gasteiger partial charge in [0.2, 0.25) is 0 Å². The summed E-state index contributed by atoms with van der Waals surface area (Å²) in [7, 11) is 0. The lowest BCUT2D eigenvalue weighted by atomic mass is 10.3. The SMILES string of the molecule is CC(C)(C)Sc1ncnc2nc[nH]c12. The van der Waals surface area contributed by atoms with Crippen molar-refractivity contribution in [1.82, 2.24) is 19.9 Å². The summed E-state index contributed by atoms with van der Waals surface area (Å²) >= 11 is 1.71. The molecule has 4 nitrogen and oxygen atoms in total. The molecule has 2 rings (SSSR count). The molecule has 2 aromatic heterocycles. The number of H-pyrrole nitrogens is 1. The number of fused-ring (bicyclic) bond motifs is 1. The van der Waals surface area contributed by atoms with Gasteiger partial charge in [0, 0.05) is 4.75 Å². The second-order valence-electron chi connectivity index (χ2n) is 3.99. The quantitative estimate of drug-likeness (QED) is 0.577. The molecule has 0 aliphatic rings. The monoisotopic (exact) mass is 208 g/mol. The molecule has 14 heavy (non-hydrogen) atoms. The first-order valence-corrected chi connectivity index (χ1v) is 5.21. The fourth-order valence-corrected chi connectivity index (χ4v) is 2.04. The van der Waals surface area contributed by atoms with Gasteiger partial charge in [-0.1, -0.05) is 32.5 Å². The van der Waals surface area contributed by atoms with E-state index in [0.29, 0.717) is 0 Å². The minimum absolute atomic E-state index is 0.145. The summed E-state index contributed by atoms with van der Waals surface area (Å²) in [6.07, 6.45) is 3.20. The third-order valence-corrected chi connectivity index (χ3v) is 2.71. The van der Waals surface area contributed by atoms with Crippen molar-refractivity contribution in [2.45, 2.75) is 30.5 Å². The standard InChI is InChI=1S/C9H12N4S/c1-9(2,3)14-8-6-7(11-4-10-6)12-5-13-8/h4-5H,1-3H3,(H,10,11,12,13). The first-order valence-electron chi connectivity index (χ1n) is 4.39. The van der Waals surface area contributed by atoms with Crippen LogP contribution in [0.25, 0.3) is 11.2 Å². The van der Waals surface area contributed by atoms with Gasteiger partial charge in [0.25, 0.3) is 0 Å². The van der Waals surface area contributed by atoms with Crippen LogP contribution < -0.4 is 0 Å². The molecule has 0 saturated heterocycles. The molecule has 0 bridgehead atoms. The second-order valence-corrected chi connectivity index (χ2v) is 5.81. The molecule has 0 amide bonds. The van der Waals surface area contributed by atoms with E-state index in [0.717, 1.165) is 16.2 Å². The van der Waals surface area contributed by atoms with Gasteiger partial charge in [0.15, 0.2) is 5.65 Å². The van der Waals surface area contributed by atoms with Gasteiger partial charge in [-0.05, 0) is 0 Å². The van der Waals surface area contributed by atoms with Gasteiger partial charge in [-0.2, -0.15) is 0 Å². The van der Waals surface area contributed by atoms with Crippen LogP contribution >= 0.6 is 11.8 Å². The summed E-state index contributed by atoms with van der Waals surface area (Å²) in [5.41, 5.74) is 1.65. The number of imidazole rings is 1. The lowest BCUT2D eigenvalue weighted by molar-refractivity contribution is 0.799. The summed E-state index contributed by atoms with van der Waals surface area (Å²) in [6.45, 7) is 6.46. The van der Waals surface area contributed by atoms with Gasteiger partial charge >= 0.3 is 0 Å². The van der Waals surface area contributed by atoms with E-state index >= 15 is 0 Å². The van der Waals surface area contributed by atoms with Gasteiger partial charge in [0.05, 0.1) is 6.33 Å². The third-order valence-electron chi connectivity index (χ3n) is 1.59. The summed E-state index contributed by atoms with van der Waals surface area (Å²) in [5.74, 6) is 0. The first kappa shape index (κ1) is 9.45. The predicted octanol–water partition coefficient (Wildman–Crippen LogP) is 2.24. The Labute approximate surface area is 86.6 Å². The molecule has 2 heterocycles. The molecule has 0 atom stereocenters. The number of hydrogen-bond donors (Lipinski definition) is 1. The zero-order valence-electron chi connectivity index (χ0n) is 8.40. The van der Waals surface area contributed by atoms with E-state index in [2.05, 4.69) is 40.7 Å². The van der Waals surface area contributed by atoms with Crippen molar-refractivity contribution in [2.24, 2.45) is 0 Å². The predicted molar refractivity (Wildman–Crippen MR) is 57.3 cm³/mol. The number of nitrogens with zero attached hydrogens (tertiary/aromatic N) is 3. The zero-order chi connectivity index (χ0) is 10.2. The largest absolute Gasteiger partial charge is 0.341 e. The van der Waals surface area contributed by atoms with Crippen LogP contribution in [-0.2, 0) is 0 Å². The van der Waals surface area contributed by atoms with Crippen LogP contribution in [-0.4, -0.2) is 24.7 Å². The summed E-state index contributed by atoms with van der Waals surface area (Å²) in [5, 5.41) is 0.958. The molecule has 0 saturated carbocycles. The summed E-state index contributed by atoms with van der Waals surface area (Å²) in [6, 6.07) is 0. The molecular weight excluding hydrogens is 196 g/mol. The fraction of sp³-hybridized carbons (Fsp3) is 0.444. The molecule has 0 unspecified atom stereocenters. The Morgan fingerprint density at radius 2 is 2.00 bits per heavy atom. The van der Waals surface area contributed by atoms with Gasteiger partial charge in [-0.3, -0.25) is 0 Å². The van der Waals surface area contributed by atoms with E-state index < -0.39 is 0 Å². The molecular formula is C9H12N4S. The van der Waals surface area contributed by atoms with Gasteiger partial charge < -0.3 is 4.98 Å². The van der Waals surface area contributed by atoms with E-state index in [9.17, 15) is 0 Å². The Morgan fingerprint density at radius 3 is 2.71 bits per heavy atom. The first-order chi connectivity index (χ1) is 6.56. The van der Waals surface area contributed by atoms with Crippen molar-refractivity contribution in [3.8, 4) is 0 Å². The van der Waals surface area contributed by atoms with Crippen LogP contribution in [0.2, 0.25) is 0 Å². The average Bonchev–Trinajstić information content (AvgIpc) is 2.49. The van der Waals surface area contributed by atoms with E-state index in [1.54, 1.807) is 24.4 Å². The molecule has 5 heteroatoms. The van der Waals surface area contributed by atoms with Crippen LogP contribution in [0.3, 0.4) is 0 Å². The topological polar surface area (TPSA) is 54.5 Å². The maximum absolute atomic E-state index is 4.25. The highest BCUT2D eigenvalue weighted by atomic mass is 32.2. The molecule has 2 aromatic rings. The average molecular weight is 208 g/mol. The van der Waals surface area contributed by atoms with E-state index in [1.807, 2.05) is 0 Å². The maximum atomic E-state index is 4.25. The Kier molecular flexibility index (Phi) is 2.19. The van der Waals surface area contributed by atoms with Crippen molar-refractivity contribution >= 4 is 22.9 Å².